The number of furan rings is 1. The second-order valence-corrected chi connectivity index (χ2v) is 7.48. The molecular formula is C21H17ClN2O5S. The molecule has 0 amide bonds. The highest BCUT2D eigenvalue weighted by molar-refractivity contribution is 7.98. The summed E-state index contributed by atoms with van der Waals surface area (Å²) in [5.41, 5.74) is 1.35. The van der Waals surface area contributed by atoms with Crippen LogP contribution in [-0.4, -0.2) is 22.8 Å². The zero-order valence-corrected chi connectivity index (χ0v) is 17.5. The zero-order chi connectivity index (χ0) is 20.9. The lowest BCUT2D eigenvalue weighted by molar-refractivity contribution is 0.0491. The van der Waals surface area contributed by atoms with Crippen molar-refractivity contribution in [2.24, 2.45) is 0 Å². The molecule has 0 atom stereocenters. The van der Waals surface area contributed by atoms with Gasteiger partial charge < -0.3 is 18.3 Å². The summed E-state index contributed by atoms with van der Waals surface area (Å²) in [6.07, 6.45) is 0. The van der Waals surface area contributed by atoms with Gasteiger partial charge in [-0.15, -0.1) is 10.2 Å². The molecule has 0 radical (unpaired) electrons. The first-order valence-electron chi connectivity index (χ1n) is 9.15. The highest BCUT2D eigenvalue weighted by Gasteiger charge is 2.22. The number of para-hydroxylation sites is 1. The second-order valence-electron chi connectivity index (χ2n) is 6.12. The molecule has 0 aliphatic heterocycles. The Hall–Kier alpha value is -2.97. The van der Waals surface area contributed by atoms with Gasteiger partial charge in [0, 0.05) is 21.7 Å². The van der Waals surface area contributed by atoms with Crippen molar-refractivity contribution in [1.29, 1.82) is 0 Å². The third-order valence-electron chi connectivity index (χ3n) is 4.12. The molecule has 0 saturated carbocycles. The van der Waals surface area contributed by atoms with Crippen LogP contribution < -0.4 is 4.74 Å². The molecule has 9 heteroatoms. The molecule has 0 aliphatic carbocycles. The van der Waals surface area contributed by atoms with Crippen molar-refractivity contribution in [2.45, 2.75) is 24.5 Å². The van der Waals surface area contributed by atoms with Crippen LogP contribution in [0, 0.1) is 0 Å². The Labute approximate surface area is 181 Å². The van der Waals surface area contributed by atoms with Gasteiger partial charge in [0.05, 0.1) is 6.61 Å². The quantitative estimate of drug-likeness (QED) is 0.259. The monoisotopic (exact) mass is 444 g/mol. The minimum absolute atomic E-state index is 0.137. The smallest absolute Gasteiger partial charge is 0.374 e. The SMILES string of the molecule is CCOC(=O)c1oc2ccccc2c1CSc1nnc(COc2ccc(Cl)cc2)o1. The van der Waals surface area contributed by atoms with E-state index in [0.717, 1.165) is 10.9 Å². The molecule has 2 aromatic carbocycles. The van der Waals surface area contributed by atoms with Crippen LogP contribution in [0.2, 0.25) is 5.02 Å². The van der Waals surface area contributed by atoms with Gasteiger partial charge in [0.15, 0.2) is 6.61 Å². The highest BCUT2D eigenvalue weighted by Crippen LogP contribution is 2.32. The van der Waals surface area contributed by atoms with Crippen molar-refractivity contribution in [3.05, 3.63) is 70.8 Å². The minimum atomic E-state index is -0.494. The Kier molecular flexibility index (Phi) is 6.25. The summed E-state index contributed by atoms with van der Waals surface area (Å²) in [7, 11) is 0. The van der Waals surface area contributed by atoms with Crippen molar-refractivity contribution in [2.75, 3.05) is 6.61 Å². The van der Waals surface area contributed by atoms with E-state index in [1.807, 2.05) is 24.3 Å². The van der Waals surface area contributed by atoms with E-state index in [1.165, 1.54) is 11.8 Å². The van der Waals surface area contributed by atoms with E-state index in [4.69, 9.17) is 29.9 Å². The summed E-state index contributed by atoms with van der Waals surface area (Å²) in [6.45, 7) is 2.15. The molecule has 4 aromatic rings. The van der Waals surface area contributed by atoms with Crippen LogP contribution in [0.4, 0.5) is 0 Å². The molecule has 0 bridgehead atoms. The van der Waals surface area contributed by atoms with Crippen LogP contribution >= 0.6 is 23.4 Å². The van der Waals surface area contributed by atoms with Gasteiger partial charge >= 0.3 is 5.97 Å². The number of nitrogens with zero attached hydrogens (tertiary/aromatic N) is 2. The molecule has 0 fully saturated rings. The summed E-state index contributed by atoms with van der Waals surface area (Å²) >= 11 is 7.16. The molecule has 7 nitrogen and oxygen atoms in total. The summed E-state index contributed by atoms with van der Waals surface area (Å²) in [5.74, 6) is 1.10. The van der Waals surface area contributed by atoms with Crippen LogP contribution in [0.5, 0.6) is 5.75 Å². The number of benzene rings is 2. The van der Waals surface area contributed by atoms with Crippen molar-refractivity contribution in [3.63, 3.8) is 0 Å². The molecule has 2 aromatic heterocycles. The molecule has 4 rings (SSSR count). The summed E-state index contributed by atoms with van der Waals surface area (Å²) in [5, 5.41) is 9.87. The number of rotatable bonds is 8. The molecule has 0 aliphatic rings. The van der Waals surface area contributed by atoms with E-state index in [-0.39, 0.29) is 19.0 Å². The Bertz CT molecular complexity index is 1160. The van der Waals surface area contributed by atoms with Gasteiger partial charge in [-0.2, -0.15) is 0 Å². The summed E-state index contributed by atoms with van der Waals surface area (Å²) < 4.78 is 22.1. The van der Waals surface area contributed by atoms with Gasteiger partial charge in [-0.3, -0.25) is 0 Å². The maximum atomic E-state index is 12.3. The average Bonchev–Trinajstić information content (AvgIpc) is 3.36. The van der Waals surface area contributed by atoms with Crippen LogP contribution in [0.25, 0.3) is 11.0 Å². The normalized spacial score (nSPS) is 11.0. The Morgan fingerprint density at radius 3 is 2.70 bits per heavy atom. The Morgan fingerprint density at radius 2 is 1.90 bits per heavy atom. The van der Waals surface area contributed by atoms with Gasteiger partial charge in [-0.1, -0.05) is 41.6 Å². The third-order valence-corrected chi connectivity index (χ3v) is 5.22. The molecule has 154 valence electrons. The topological polar surface area (TPSA) is 87.6 Å². The van der Waals surface area contributed by atoms with E-state index in [1.54, 1.807) is 31.2 Å². The number of esters is 1. The number of aromatic nitrogens is 2. The lowest BCUT2D eigenvalue weighted by Gasteiger charge is -2.02. The lowest BCUT2D eigenvalue weighted by Crippen LogP contribution is -2.05. The zero-order valence-electron chi connectivity index (χ0n) is 16.0. The number of carbonyl (C=O) groups excluding carboxylic acids is 1. The van der Waals surface area contributed by atoms with Crippen LogP contribution in [-0.2, 0) is 17.1 Å². The van der Waals surface area contributed by atoms with Gasteiger partial charge in [0.1, 0.15) is 11.3 Å². The summed E-state index contributed by atoms with van der Waals surface area (Å²) in [4.78, 5) is 12.3. The lowest BCUT2D eigenvalue weighted by atomic mass is 10.1. The van der Waals surface area contributed by atoms with Crippen molar-refractivity contribution < 1.29 is 23.1 Å². The number of ether oxygens (including phenoxy) is 2. The molecule has 0 saturated heterocycles. The Morgan fingerprint density at radius 1 is 1.10 bits per heavy atom. The Balaban J connectivity index is 1.45. The summed E-state index contributed by atoms with van der Waals surface area (Å²) in [6, 6.07) is 14.4. The molecular weight excluding hydrogens is 428 g/mol. The van der Waals surface area contributed by atoms with Gasteiger partial charge in [-0.25, -0.2) is 4.79 Å². The highest BCUT2D eigenvalue weighted by atomic mass is 35.5. The maximum absolute atomic E-state index is 12.3. The number of hydrogen-bond donors (Lipinski definition) is 0. The minimum Gasteiger partial charge on any atom is -0.484 e. The number of fused-ring (bicyclic) bond motifs is 1. The number of hydrogen-bond acceptors (Lipinski definition) is 8. The molecule has 0 N–H and O–H groups in total. The standard InChI is InChI=1S/C21H17ClN2O5S/c1-2-26-20(25)19-16(15-5-3-4-6-17(15)28-19)12-30-21-24-23-18(29-21)11-27-14-9-7-13(22)8-10-14/h3-10H,2,11-12H2,1H3. The molecule has 2 heterocycles. The first-order chi connectivity index (χ1) is 14.6. The first-order valence-corrected chi connectivity index (χ1v) is 10.5. The van der Waals surface area contributed by atoms with Crippen LogP contribution in [0.15, 0.2) is 62.6 Å². The van der Waals surface area contributed by atoms with E-state index in [2.05, 4.69) is 10.2 Å². The first kappa shape index (κ1) is 20.3. The van der Waals surface area contributed by atoms with E-state index in [0.29, 0.717) is 33.2 Å². The van der Waals surface area contributed by atoms with Crippen molar-refractivity contribution >= 4 is 40.3 Å². The predicted molar refractivity (Wildman–Crippen MR) is 112 cm³/mol. The maximum Gasteiger partial charge on any atom is 0.374 e. The third kappa shape index (κ3) is 4.60. The van der Waals surface area contributed by atoms with Gasteiger partial charge in [0.25, 0.3) is 11.1 Å². The van der Waals surface area contributed by atoms with Gasteiger partial charge in [0.2, 0.25) is 5.76 Å². The fourth-order valence-electron chi connectivity index (χ4n) is 2.77. The fourth-order valence-corrected chi connectivity index (χ4v) is 3.70. The van der Waals surface area contributed by atoms with E-state index in [9.17, 15) is 4.79 Å². The second kappa shape index (κ2) is 9.23. The fraction of sp³-hybridized carbons (Fsp3) is 0.190. The molecule has 30 heavy (non-hydrogen) atoms. The molecule has 0 spiro atoms. The molecule has 0 unspecified atom stereocenters. The predicted octanol–water partition coefficient (Wildman–Crippen LogP) is 5.52. The van der Waals surface area contributed by atoms with E-state index >= 15 is 0 Å². The van der Waals surface area contributed by atoms with Crippen LogP contribution in [0.1, 0.15) is 28.9 Å². The average molecular weight is 445 g/mol. The number of halogens is 1. The van der Waals surface area contributed by atoms with Gasteiger partial charge in [-0.05, 0) is 37.3 Å². The number of thioether (sulfide) groups is 1. The van der Waals surface area contributed by atoms with Crippen molar-refractivity contribution in [1.82, 2.24) is 10.2 Å². The largest absolute Gasteiger partial charge is 0.484 e. The van der Waals surface area contributed by atoms with Crippen molar-refractivity contribution in [3.8, 4) is 5.75 Å². The van der Waals surface area contributed by atoms with Crippen LogP contribution in [0.3, 0.4) is 0 Å². The number of carbonyl (C=O) groups is 1. The van der Waals surface area contributed by atoms with E-state index < -0.39 is 5.97 Å².